The Bertz CT molecular complexity index is 1020. The summed E-state index contributed by atoms with van der Waals surface area (Å²) in [4.78, 5) is 49.1. The zero-order valence-electron chi connectivity index (χ0n) is 18.5. The topological polar surface area (TPSA) is 95.6 Å². The highest BCUT2D eigenvalue weighted by Gasteiger charge is 2.32. The van der Waals surface area contributed by atoms with Crippen molar-refractivity contribution in [2.75, 3.05) is 32.8 Å². The van der Waals surface area contributed by atoms with Gasteiger partial charge in [0.15, 0.2) is 0 Å². The molecule has 0 bridgehead atoms. The normalized spacial score (nSPS) is 18.0. The first-order valence-electron chi connectivity index (χ1n) is 11.3. The smallest absolute Gasteiger partial charge is 0.261 e. The van der Waals surface area contributed by atoms with Crippen molar-refractivity contribution >= 4 is 11.8 Å². The Kier molecular flexibility index (Phi) is 6.99. The number of carbonyl (C=O) groups excluding carboxylic acids is 2. The number of hydrogen-bond donors (Lipinski definition) is 1. The molecule has 2 aliphatic heterocycles. The minimum atomic E-state index is -0.349. The van der Waals surface area contributed by atoms with Gasteiger partial charge in [0.25, 0.3) is 11.5 Å². The highest BCUT2D eigenvalue weighted by Crippen LogP contribution is 2.25. The fourth-order valence-corrected chi connectivity index (χ4v) is 4.63. The van der Waals surface area contributed by atoms with E-state index in [9.17, 15) is 14.4 Å². The molecule has 8 heteroatoms. The van der Waals surface area contributed by atoms with E-state index in [-0.39, 0.29) is 22.9 Å². The number of nitrogens with one attached hydrogen (secondary N) is 1. The predicted molar refractivity (Wildman–Crippen MR) is 119 cm³/mol. The third-order valence-electron chi connectivity index (χ3n) is 6.31. The first-order chi connectivity index (χ1) is 15.6. The molecule has 4 heterocycles. The van der Waals surface area contributed by atoms with E-state index in [1.165, 1.54) is 0 Å². The zero-order chi connectivity index (χ0) is 22.5. The lowest BCUT2D eigenvalue weighted by Crippen LogP contribution is -2.40. The molecule has 32 heavy (non-hydrogen) atoms. The van der Waals surface area contributed by atoms with Crippen molar-refractivity contribution in [3.05, 3.63) is 63.3 Å². The Morgan fingerprint density at radius 3 is 2.91 bits per heavy atom. The summed E-state index contributed by atoms with van der Waals surface area (Å²) in [5, 5.41) is 0. The minimum absolute atomic E-state index is 0.0279. The highest BCUT2D eigenvalue weighted by molar-refractivity contribution is 5.96. The first-order valence-corrected chi connectivity index (χ1v) is 11.3. The molecule has 1 saturated heterocycles. The van der Waals surface area contributed by atoms with Crippen LogP contribution in [0.3, 0.4) is 0 Å². The van der Waals surface area contributed by atoms with Crippen LogP contribution in [-0.2, 0) is 28.9 Å². The second kappa shape index (κ2) is 10.1. The number of ether oxygens (including phenoxy) is 1. The fraction of sp³-hybridized carbons (Fsp3) is 0.500. The molecule has 170 valence electrons. The number of hydrogen-bond acceptors (Lipinski definition) is 5. The summed E-state index contributed by atoms with van der Waals surface area (Å²) in [5.74, 6) is 0.161. The number of amides is 2. The molecule has 0 aliphatic carbocycles. The molecule has 2 aromatic heterocycles. The summed E-state index contributed by atoms with van der Waals surface area (Å²) >= 11 is 0. The molecule has 0 saturated carbocycles. The number of nitrogens with zero attached hydrogens (tertiary/aromatic N) is 3. The lowest BCUT2D eigenvalue weighted by Gasteiger charge is -2.30. The molecule has 2 amide bonds. The number of fused-ring (bicyclic) bond motifs is 1. The highest BCUT2D eigenvalue weighted by atomic mass is 16.5. The van der Waals surface area contributed by atoms with Gasteiger partial charge in [-0.2, -0.15) is 0 Å². The number of H-pyrrole nitrogens is 1. The SMILES string of the molecule is CCOCCC(=O)N1CCc2c(c[nH]c(=O)c2C(=O)N2CCC(Cc3ccccn3)C2)C1. The quantitative estimate of drug-likeness (QED) is 0.665. The van der Waals surface area contributed by atoms with Gasteiger partial charge >= 0.3 is 0 Å². The van der Waals surface area contributed by atoms with Gasteiger partial charge < -0.3 is 19.5 Å². The van der Waals surface area contributed by atoms with Crippen molar-refractivity contribution in [1.29, 1.82) is 0 Å². The molecule has 2 aliphatic rings. The van der Waals surface area contributed by atoms with E-state index in [1.54, 1.807) is 22.2 Å². The number of pyridine rings is 2. The Morgan fingerprint density at radius 1 is 1.25 bits per heavy atom. The average Bonchev–Trinajstić information content (AvgIpc) is 3.27. The van der Waals surface area contributed by atoms with E-state index in [2.05, 4.69) is 9.97 Å². The number of rotatable bonds is 7. The molecular formula is C24H30N4O4. The minimum Gasteiger partial charge on any atom is -0.381 e. The van der Waals surface area contributed by atoms with Crippen LogP contribution in [0.15, 0.2) is 35.4 Å². The van der Waals surface area contributed by atoms with Crippen molar-refractivity contribution in [2.45, 2.75) is 39.2 Å². The summed E-state index contributed by atoms with van der Waals surface area (Å²) in [6.07, 6.45) is 6.00. The maximum absolute atomic E-state index is 13.3. The van der Waals surface area contributed by atoms with Crippen LogP contribution in [0.5, 0.6) is 0 Å². The monoisotopic (exact) mass is 438 g/mol. The Balaban J connectivity index is 1.44. The second-order valence-corrected chi connectivity index (χ2v) is 8.44. The van der Waals surface area contributed by atoms with Crippen LogP contribution in [0.25, 0.3) is 0 Å². The standard InChI is InChI=1S/C24H30N4O4/c1-2-32-12-8-21(29)27-11-7-20-18(16-27)14-26-23(30)22(20)24(31)28-10-6-17(15-28)13-19-5-3-4-9-25-19/h3-5,9,14,17H,2,6-8,10-13,15-16H2,1H3,(H,26,30). The van der Waals surface area contributed by atoms with Crippen molar-refractivity contribution in [2.24, 2.45) is 5.92 Å². The van der Waals surface area contributed by atoms with Crippen LogP contribution >= 0.6 is 0 Å². The molecule has 8 nitrogen and oxygen atoms in total. The summed E-state index contributed by atoms with van der Waals surface area (Å²) in [6.45, 7) is 5.06. The van der Waals surface area contributed by atoms with Crippen molar-refractivity contribution in [1.82, 2.24) is 19.8 Å². The number of aromatic nitrogens is 2. The summed E-state index contributed by atoms with van der Waals surface area (Å²) in [6, 6.07) is 5.87. The van der Waals surface area contributed by atoms with Gasteiger partial charge in [0.05, 0.1) is 13.0 Å². The predicted octanol–water partition coefficient (Wildman–Crippen LogP) is 1.79. The average molecular weight is 439 g/mol. The maximum Gasteiger partial charge on any atom is 0.261 e. The van der Waals surface area contributed by atoms with Crippen molar-refractivity contribution in [3.8, 4) is 0 Å². The molecule has 0 radical (unpaired) electrons. The number of aromatic amines is 1. The number of likely N-dealkylation sites (tertiary alicyclic amines) is 1. The Morgan fingerprint density at radius 2 is 2.12 bits per heavy atom. The summed E-state index contributed by atoms with van der Waals surface area (Å²) < 4.78 is 5.28. The van der Waals surface area contributed by atoms with Gasteiger partial charge in [-0.1, -0.05) is 6.07 Å². The van der Waals surface area contributed by atoms with Crippen molar-refractivity contribution in [3.63, 3.8) is 0 Å². The van der Waals surface area contributed by atoms with E-state index in [4.69, 9.17) is 4.74 Å². The molecule has 1 N–H and O–H groups in total. The fourth-order valence-electron chi connectivity index (χ4n) is 4.63. The third-order valence-corrected chi connectivity index (χ3v) is 6.31. The van der Waals surface area contributed by atoms with Gasteiger partial charge in [-0.05, 0) is 55.4 Å². The second-order valence-electron chi connectivity index (χ2n) is 8.44. The van der Waals surface area contributed by atoms with Gasteiger partial charge in [-0.15, -0.1) is 0 Å². The summed E-state index contributed by atoms with van der Waals surface area (Å²) in [5.41, 5.74) is 2.53. The van der Waals surface area contributed by atoms with E-state index in [0.29, 0.717) is 58.2 Å². The lowest BCUT2D eigenvalue weighted by molar-refractivity contribution is -0.133. The molecule has 1 atom stereocenters. The first kappa shape index (κ1) is 22.2. The number of carbonyl (C=O) groups is 2. The summed E-state index contributed by atoms with van der Waals surface area (Å²) in [7, 11) is 0. The maximum atomic E-state index is 13.3. The molecule has 0 aromatic carbocycles. The van der Waals surface area contributed by atoms with E-state index in [1.807, 2.05) is 25.1 Å². The Labute approximate surface area is 187 Å². The van der Waals surface area contributed by atoms with Crippen LogP contribution in [0.4, 0.5) is 0 Å². The van der Waals surface area contributed by atoms with Gasteiger partial charge in [-0.25, -0.2) is 0 Å². The Hall–Kier alpha value is -3.00. The molecule has 1 unspecified atom stereocenters. The van der Waals surface area contributed by atoms with Gasteiger partial charge in [-0.3, -0.25) is 19.4 Å². The zero-order valence-corrected chi connectivity index (χ0v) is 18.5. The molecule has 1 fully saturated rings. The van der Waals surface area contributed by atoms with Crippen molar-refractivity contribution < 1.29 is 14.3 Å². The van der Waals surface area contributed by atoms with Crippen LogP contribution in [0.1, 0.15) is 46.9 Å². The van der Waals surface area contributed by atoms with Gasteiger partial charge in [0, 0.05) is 50.9 Å². The largest absolute Gasteiger partial charge is 0.381 e. The van der Waals surface area contributed by atoms with Gasteiger partial charge in [0.1, 0.15) is 5.56 Å². The molecule has 0 spiro atoms. The van der Waals surface area contributed by atoms with E-state index in [0.717, 1.165) is 29.7 Å². The molecular weight excluding hydrogens is 408 g/mol. The third kappa shape index (κ3) is 4.91. The van der Waals surface area contributed by atoms with Crippen LogP contribution in [0.2, 0.25) is 0 Å². The lowest BCUT2D eigenvalue weighted by atomic mass is 9.96. The van der Waals surface area contributed by atoms with E-state index >= 15 is 0 Å². The van der Waals surface area contributed by atoms with E-state index < -0.39 is 0 Å². The van der Waals surface area contributed by atoms with Crippen LogP contribution in [-0.4, -0.2) is 64.4 Å². The molecule has 2 aromatic rings. The molecule has 4 rings (SSSR count). The van der Waals surface area contributed by atoms with Crippen LogP contribution in [0, 0.1) is 5.92 Å². The van der Waals surface area contributed by atoms with Gasteiger partial charge in [0.2, 0.25) is 5.91 Å². The van der Waals surface area contributed by atoms with Crippen LogP contribution < -0.4 is 5.56 Å².